The van der Waals surface area contributed by atoms with Gasteiger partial charge in [0, 0.05) is 50.3 Å². The standard InChI is InChI=1S/2C32H34N2O2.2O.2Ti/c2*35-31-25(15-9-17-27(31)23-11-3-1-4-12-23)21-33-29-19-7-8-20-30(29)34-22-26-16-10-18-28(32(26)36)24-13-5-2-6-14-24;;;;/h2*1-6,9-18,29-30,33-36H,7-8,19-22H2;;;;/q;;2*-2;2*+4/p-4/t2*29-,30-;;;;/m00..../s1. The SMILES string of the molecule is [O-2].[O-2].[O-]c1c(CN[C@H]2CCCC[C@@H]2NCc2cccc(-c3ccccc3)c2[O-])cccc1-c1ccccc1.[O-]c1c(CN[C@H]2CCCC[C@@H]2NCc2cccc(-c3ccccc3)c2[O-])cccc1-c1ccccc1.[Ti+4].[Ti+4]. The first-order valence-electron chi connectivity index (χ1n) is 25.7. The Morgan fingerprint density at radius 2 is 0.474 bits per heavy atom. The molecule has 8 aromatic carbocycles. The summed E-state index contributed by atoms with van der Waals surface area (Å²) in [5.41, 5.74) is 9.95. The number of hydrogen-bond donors (Lipinski definition) is 4. The number of nitrogens with one attached hydrogen (secondary N) is 4. The van der Waals surface area contributed by atoms with Gasteiger partial charge in [-0.25, -0.2) is 0 Å². The number of rotatable bonds is 16. The van der Waals surface area contributed by atoms with Gasteiger partial charge in [-0.1, -0.05) is 243 Å². The third kappa shape index (κ3) is 15.6. The zero-order valence-corrected chi connectivity index (χ0v) is 45.8. The van der Waals surface area contributed by atoms with Crippen LogP contribution in [0.3, 0.4) is 0 Å². The van der Waals surface area contributed by atoms with Crippen LogP contribution in [-0.4, -0.2) is 24.2 Å². The summed E-state index contributed by atoms with van der Waals surface area (Å²) in [7, 11) is 0. The molecule has 10 rings (SSSR count). The number of para-hydroxylation sites is 4. The Kier molecular flexibility index (Phi) is 24.7. The molecule has 10 nitrogen and oxygen atoms in total. The van der Waals surface area contributed by atoms with Crippen molar-refractivity contribution in [3.63, 3.8) is 0 Å². The van der Waals surface area contributed by atoms with Gasteiger partial charge in [0.2, 0.25) is 0 Å². The molecule has 0 unspecified atom stereocenters. The molecule has 76 heavy (non-hydrogen) atoms. The van der Waals surface area contributed by atoms with Gasteiger partial charge in [-0.05, 0) is 92.4 Å². The summed E-state index contributed by atoms with van der Waals surface area (Å²) >= 11 is 0. The van der Waals surface area contributed by atoms with Crippen LogP contribution in [0.1, 0.15) is 73.6 Å². The molecule has 0 radical (unpaired) electrons. The van der Waals surface area contributed by atoms with Crippen LogP contribution < -0.4 is 41.7 Å². The van der Waals surface area contributed by atoms with Crippen molar-refractivity contribution in [3.8, 4) is 67.5 Å². The minimum atomic E-state index is 0. The molecular weight excluding hydrogens is 1020 g/mol. The summed E-state index contributed by atoms with van der Waals surface area (Å²) in [5, 5.41) is 67.1. The second-order valence-corrected chi connectivity index (χ2v) is 19.2. The summed E-state index contributed by atoms with van der Waals surface area (Å²) in [6.45, 7) is 2.16. The van der Waals surface area contributed by atoms with E-state index in [9.17, 15) is 20.4 Å². The van der Waals surface area contributed by atoms with E-state index in [4.69, 9.17) is 0 Å². The van der Waals surface area contributed by atoms with Gasteiger partial charge in [-0.2, -0.15) is 0 Å². The molecular formula is C64H64N4O6Ti2. The minimum Gasteiger partial charge on any atom is -2.00 e. The average Bonchev–Trinajstić information content (AvgIpc) is 3.43. The van der Waals surface area contributed by atoms with Crippen LogP contribution in [0.25, 0.3) is 44.5 Å². The fourth-order valence-corrected chi connectivity index (χ4v) is 10.5. The minimum absolute atomic E-state index is 0. The summed E-state index contributed by atoms with van der Waals surface area (Å²) in [4.78, 5) is 0. The second-order valence-electron chi connectivity index (χ2n) is 19.2. The fraction of sp³-hybridized carbons (Fsp3) is 0.250. The molecule has 0 spiro atoms. The normalized spacial score (nSPS) is 16.7. The van der Waals surface area contributed by atoms with Gasteiger partial charge in [0.15, 0.2) is 0 Å². The third-order valence-electron chi connectivity index (χ3n) is 14.5. The molecule has 0 bridgehead atoms. The van der Waals surface area contributed by atoms with Gasteiger partial charge < -0.3 is 52.6 Å². The van der Waals surface area contributed by atoms with Gasteiger partial charge in [0.05, 0.1) is 0 Å². The van der Waals surface area contributed by atoms with Crippen molar-refractivity contribution in [2.75, 3.05) is 0 Å². The molecule has 12 heteroatoms. The van der Waals surface area contributed by atoms with Crippen molar-refractivity contribution in [1.82, 2.24) is 21.3 Å². The van der Waals surface area contributed by atoms with Gasteiger partial charge >= 0.3 is 43.4 Å². The Balaban J connectivity index is 0.000000267. The van der Waals surface area contributed by atoms with Crippen molar-refractivity contribution in [3.05, 3.63) is 216 Å². The predicted molar refractivity (Wildman–Crippen MR) is 286 cm³/mol. The summed E-state index contributed by atoms with van der Waals surface area (Å²) in [5.74, 6) is 0.353. The monoisotopic (exact) mass is 1080 g/mol. The molecule has 4 atom stereocenters. The van der Waals surface area contributed by atoms with Crippen LogP contribution >= 0.6 is 0 Å². The molecule has 384 valence electrons. The molecule has 2 aliphatic carbocycles. The van der Waals surface area contributed by atoms with E-state index in [0.29, 0.717) is 26.2 Å². The molecule has 2 aliphatic rings. The maximum atomic E-state index is 13.1. The second kappa shape index (κ2) is 30.8. The van der Waals surface area contributed by atoms with Gasteiger partial charge in [0.1, 0.15) is 0 Å². The van der Waals surface area contributed by atoms with Crippen molar-refractivity contribution >= 4 is 0 Å². The zero-order chi connectivity index (χ0) is 49.5. The first kappa shape index (κ1) is 61.0. The molecule has 8 aromatic rings. The summed E-state index contributed by atoms with van der Waals surface area (Å²) in [6, 6.07) is 63.5. The van der Waals surface area contributed by atoms with Crippen LogP contribution in [0.15, 0.2) is 194 Å². The number of benzene rings is 8. The van der Waals surface area contributed by atoms with E-state index in [-0.39, 0.29) is 102 Å². The van der Waals surface area contributed by atoms with Crippen molar-refractivity contribution < 1.29 is 74.8 Å². The van der Waals surface area contributed by atoms with Crippen molar-refractivity contribution in [2.24, 2.45) is 0 Å². The van der Waals surface area contributed by atoms with E-state index in [1.807, 2.05) is 194 Å². The molecule has 0 heterocycles. The van der Waals surface area contributed by atoms with Gasteiger partial charge in [0.25, 0.3) is 0 Å². The Morgan fingerprint density at radius 1 is 0.276 bits per heavy atom. The molecule has 0 aromatic heterocycles. The van der Waals surface area contributed by atoms with E-state index in [2.05, 4.69) is 21.3 Å². The van der Waals surface area contributed by atoms with Crippen LogP contribution in [0.2, 0.25) is 0 Å². The van der Waals surface area contributed by atoms with E-state index in [0.717, 1.165) is 92.4 Å². The van der Waals surface area contributed by atoms with E-state index >= 15 is 0 Å². The molecule has 0 saturated heterocycles. The van der Waals surface area contributed by atoms with Crippen molar-refractivity contribution in [1.29, 1.82) is 0 Å². The molecule has 4 N–H and O–H groups in total. The largest absolute Gasteiger partial charge is 4.00 e. The fourth-order valence-electron chi connectivity index (χ4n) is 10.5. The summed E-state index contributed by atoms with van der Waals surface area (Å²) in [6.07, 6.45) is 8.88. The zero-order valence-electron chi connectivity index (χ0n) is 42.7. The van der Waals surface area contributed by atoms with Crippen molar-refractivity contribution in [2.45, 2.75) is 102 Å². The van der Waals surface area contributed by atoms with Gasteiger partial charge in [-0.15, -0.1) is 0 Å². The number of hydrogen-bond acceptors (Lipinski definition) is 8. The van der Waals surface area contributed by atoms with Gasteiger partial charge in [-0.3, -0.25) is 0 Å². The Bertz CT molecular complexity index is 2570. The van der Waals surface area contributed by atoms with Crippen LogP contribution in [0, 0.1) is 0 Å². The first-order valence-corrected chi connectivity index (χ1v) is 25.7. The maximum absolute atomic E-state index is 13.1. The maximum Gasteiger partial charge on any atom is 4.00 e. The van der Waals surface area contributed by atoms with E-state index in [1.165, 1.54) is 25.7 Å². The molecule has 2 saturated carbocycles. The topological polar surface area (TPSA) is 197 Å². The Morgan fingerprint density at radius 3 is 0.671 bits per heavy atom. The predicted octanol–water partition coefficient (Wildman–Crippen LogP) is 10.5. The van der Waals surface area contributed by atoms with Crippen LogP contribution in [0.5, 0.6) is 23.0 Å². The third-order valence-corrected chi connectivity index (χ3v) is 14.5. The van der Waals surface area contributed by atoms with Crippen LogP contribution in [0.4, 0.5) is 0 Å². The van der Waals surface area contributed by atoms with E-state index < -0.39 is 0 Å². The molecule has 0 aliphatic heterocycles. The first-order chi connectivity index (χ1) is 35.4. The molecule has 0 amide bonds. The smallest absolute Gasteiger partial charge is 2.00 e. The average molecular weight is 1080 g/mol. The Labute approximate surface area is 478 Å². The molecule has 2 fully saturated rings. The van der Waals surface area contributed by atoms with Crippen LogP contribution in [-0.2, 0) is 80.6 Å². The van der Waals surface area contributed by atoms with E-state index in [1.54, 1.807) is 0 Å². The quantitative estimate of drug-likeness (QED) is 0.0686. The Hall–Kier alpha value is -5.85. The summed E-state index contributed by atoms with van der Waals surface area (Å²) < 4.78 is 0.